The molecule has 0 aromatic carbocycles. The Morgan fingerprint density at radius 2 is 2.00 bits per heavy atom. The van der Waals surface area contributed by atoms with Crippen molar-refractivity contribution in [2.24, 2.45) is 11.3 Å². The second-order valence-corrected chi connectivity index (χ2v) is 10.0. The molecule has 0 radical (unpaired) electrons. The van der Waals surface area contributed by atoms with Crippen LogP contribution < -0.4 is 10.6 Å². The second-order valence-electron chi connectivity index (χ2n) is 8.92. The molecule has 0 saturated carbocycles. The Hall–Kier alpha value is -3.00. The van der Waals surface area contributed by atoms with Crippen molar-refractivity contribution in [1.29, 1.82) is 5.26 Å². The molecule has 1 aliphatic rings. The van der Waals surface area contributed by atoms with Crippen LogP contribution in [0.2, 0.25) is 0 Å². The SMILES string of the molecule is COC(=O)[C@](NC(=O)c1ccco1)(Nc1sc2c(c1C#N)CC[C@H](C(C)(C)C)C2)C(F)(F)F. The van der Waals surface area contributed by atoms with Crippen LogP contribution in [0.4, 0.5) is 18.2 Å². The Kier molecular flexibility index (Phi) is 6.53. The zero-order chi connectivity index (χ0) is 24.6. The Bertz CT molecular complexity index is 1080. The molecule has 7 nitrogen and oxygen atoms in total. The van der Waals surface area contributed by atoms with E-state index in [-0.39, 0.29) is 21.9 Å². The number of carbonyl (C=O) groups excluding carboxylic acids is 2. The maximum absolute atomic E-state index is 14.4. The van der Waals surface area contributed by atoms with Crippen molar-refractivity contribution in [3.05, 3.63) is 40.2 Å². The second kappa shape index (κ2) is 8.74. The number of ether oxygens (including phenoxy) is 1. The van der Waals surface area contributed by atoms with Crippen molar-refractivity contribution in [2.75, 3.05) is 12.4 Å². The zero-order valence-electron chi connectivity index (χ0n) is 18.6. The largest absolute Gasteiger partial charge is 0.466 e. The van der Waals surface area contributed by atoms with E-state index in [1.54, 1.807) is 5.32 Å². The number of nitriles is 1. The van der Waals surface area contributed by atoms with E-state index in [0.29, 0.717) is 18.4 Å². The number of fused-ring (bicyclic) bond motifs is 1. The summed E-state index contributed by atoms with van der Waals surface area (Å²) in [6, 6.07) is 4.45. The first-order chi connectivity index (χ1) is 15.3. The fourth-order valence-electron chi connectivity index (χ4n) is 3.89. The zero-order valence-corrected chi connectivity index (χ0v) is 19.4. The molecule has 1 amide bonds. The lowest BCUT2D eigenvalue weighted by Gasteiger charge is -2.34. The number of anilines is 1. The fourth-order valence-corrected chi connectivity index (χ4v) is 5.22. The molecule has 0 aliphatic heterocycles. The summed E-state index contributed by atoms with van der Waals surface area (Å²) in [7, 11) is 0.780. The number of nitrogens with zero attached hydrogens (tertiary/aromatic N) is 1. The van der Waals surface area contributed by atoms with Gasteiger partial charge in [-0.2, -0.15) is 18.4 Å². The smallest absolute Gasteiger partial charge is 0.441 e. The normalized spacial score (nSPS) is 17.9. The van der Waals surface area contributed by atoms with E-state index in [1.807, 2.05) is 6.07 Å². The molecular formula is C22H24F3N3O4S. The first-order valence-corrected chi connectivity index (χ1v) is 11.0. The van der Waals surface area contributed by atoms with Gasteiger partial charge in [-0.3, -0.25) is 4.79 Å². The van der Waals surface area contributed by atoms with Gasteiger partial charge in [0.25, 0.3) is 5.91 Å². The molecular weight excluding hydrogens is 459 g/mol. The average Bonchev–Trinajstić information content (AvgIpc) is 3.38. The van der Waals surface area contributed by atoms with E-state index < -0.39 is 29.5 Å². The fraction of sp³-hybridized carbons (Fsp3) is 0.500. The molecule has 2 aromatic rings. The van der Waals surface area contributed by atoms with Crippen LogP contribution in [0.15, 0.2) is 22.8 Å². The number of esters is 1. The summed E-state index contributed by atoms with van der Waals surface area (Å²) in [4.78, 5) is 25.7. The Morgan fingerprint density at radius 1 is 1.30 bits per heavy atom. The van der Waals surface area contributed by atoms with E-state index in [9.17, 15) is 28.0 Å². The van der Waals surface area contributed by atoms with Crippen molar-refractivity contribution in [1.82, 2.24) is 5.32 Å². The number of halogens is 3. The molecule has 1 aliphatic carbocycles. The minimum Gasteiger partial charge on any atom is -0.466 e. The highest BCUT2D eigenvalue weighted by atomic mass is 32.1. The van der Waals surface area contributed by atoms with Gasteiger partial charge in [0.15, 0.2) is 5.76 Å². The van der Waals surface area contributed by atoms with Gasteiger partial charge in [-0.1, -0.05) is 20.8 Å². The van der Waals surface area contributed by atoms with Crippen LogP contribution in [-0.4, -0.2) is 30.8 Å². The number of nitrogens with one attached hydrogen (secondary N) is 2. The predicted molar refractivity (Wildman–Crippen MR) is 115 cm³/mol. The number of amides is 1. The molecule has 0 spiro atoms. The van der Waals surface area contributed by atoms with E-state index in [2.05, 4.69) is 30.8 Å². The highest BCUT2D eigenvalue weighted by Crippen LogP contribution is 2.45. The molecule has 2 aromatic heterocycles. The first-order valence-electron chi connectivity index (χ1n) is 10.2. The van der Waals surface area contributed by atoms with Crippen LogP contribution in [0.3, 0.4) is 0 Å². The summed E-state index contributed by atoms with van der Waals surface area (Å²) < 4.78 is 52.3. The van der Waals surface area contributed by atoms with Gasteiger partial charge in [0, 0.05) is 4.88 Å². The van der Waals surface area contributed by atoms with Gasteiger partial charge in [-0.15, -0.1) is 11.3 Å². The lowest BCUT2D eigenvalue weighted by Crippen LogP contribution is -2.69. The molecule has 2 N–H and O–H groups in total. The predicted octanol–water partition coefficient (Wildman–Crippen LogP) is 4.64. The van der Waals surface area contributed by atoms with Crippen molar-refractivity contribution in [2.45, 2.75) is 51.9 Å². The number of carbonyl (C=O) groups is 2. The molecule has 11 heteroatoms. The van der Waals surface area contributed by atoms with Gasteiger partial charge < -0.3 is 19.8 Å². The molecule has 0 fully saturated rings. The molecule has 3 rings (SSSR count). The van der Waals surface area contributed by atoms with Crippen LogP contribution >= 0.6 is 11.3 Å². The Morgan fingerprint density at radius 3 is 2.52 bits per heavy atom. The van der Waals surface area contributed by atoms with E-state index in [4.69, 9.17) is 4.42 Å². The quantitative estimate of drug-likeness (QED) is 0.474. The average molecular weight is 484 g/mol. The number of furan rings is 1. The summed E-state index contributed by atoms with van der Waals surface area (Å²) in [6.45, 7) is 6.28. The molecule has 33 heavy (non-hydrogen) atoms. The number of alkyl halides is 3. The Labute approximate surface area is 192 Å². The highest BCUT2D eigenvalue weighted by molar-refractivity contribution is 7.16. The maximum Gasteiger partial charge on any atom is 0.441 e. The topological polar surface area (TPSA) is 104 Å². The maximum atomic E-state index is 14.4. The number of thiophene rings is 1. The lowest BCUT2D eigenvalue weighted by molar-refractivity contribution is -0.203. The summed E-state index contributed by atoms with van der Waals surface area (Å²) in [5.74, 6) is -3.19. The summed E-state index contributed by atoms with van der Waals surface area (Å²) in [5, 5.41) is 13.4. The monoisotopic (exact) mass is 483 g/mol. The van der Waals surface area contributed by atoms with Gasteiger partial charge in [0.2, 0.25) is 0 Å². The molecule has 2 atom stereocenters. The molecule has 0 bridgehead atoms. The van der Waals surface area contributed by atoms with E-state index in [0.717, 1.165) is 42.1 Å². The summed E-state index contributed by atoms with van der Waals surface area (Å²) in [5.41, 5.74) is -2.94. The van der Waals surface area contributed by atoms with E-state index in [1.165, 1.54) is 6.07 Å². The number of methoxy groups -OCH3 is 1. The van der Waals surface area contributed by atoms with Gasteiger partial charge in [0.1, 0.15) is 11.1 Å². The Balaban J connectivity index is 2.07. The third-order valence-electron chi connectivity index (χ3n) is 5.87. The van der Waals surface area contributed by atoms with Gasteiger partial charge in [-0.05, 0) is 48.3 Å². The van der Waals surface area contributed by atoms with Crippen LogP contribution in [0.5, 0.6) is 0 Å². The van der Waals surface area contributed by atoms with Crippen LogP contribution in [0.25, 0.3) is 0 Å². The van der Waals surface area contributed by atoms with Crippen LogP contribution in [-0.2, 0) is 22.4 Å². The van der Waals surface area contributed by atoms with Crippen molar-refractivity contribution in [3.63, 3.8) is 0 Å². The third-order valence-corrected chi connectivity index (χ3v) is 7.04. The summed E-state index contributed by atoms with van der Waals surface area (Å²) >= 11 is 0.986. The van der Waals surface area contributed by atoms with Crippen molar-refractivity contribution < 1.29 is 31.9 Å². The molecule has 0 saturated heterocycles. The standard InChI is InChI=1S/C22H24F3N3O4S/c1-20(2,3)12-7-8-13-14(11-26)18(33-16(13)10-12)28-21(19(30)31-4,22(23,24)25)27-17(29)15-6-5-9-32-15/h5-6,9,12,28H,7-8,10H2,1-4H3,(H,27,29)/t12-,21-/m0/s1. The summed E-state index contributed by atoms with van der Waals surface area (Å²) in [6.07, 6.45) is -2.27. The number of hydrogen-bond donors (Lipinski definition) is 2. The van der Waals surface area contributed by atoms with Crippen LogP contribution in [0, 0.1) is 22.7 Å². The third kappa shape index (κ3) is 4.57. The van der Waals surface area contributed by atoms with Crippen LogP contribution in [0.1, 0.15) is 53.8 Å². The minimum absolute atomic E-state index is 0.0131. The minimum atomic E-state index is -5.31. The van der Waals surface area contributed by atoms with Crippen molar-refractivity contribution >= 4 is 28.2 Å². The van der Waals surface area contributed by atoms with Gasteiger partial charge >= 0.3 is 17.8 Å². The van der Waals surface area contributed by atoms with Gasteiger partial charge in [0.05, 0.1) is 18.9 Å². The molecule has 2 heterocycles. The van der Waals surface area contributed by atoms with E-state index >= 15 is 0 Å². The lowest BCUT2D eigenvalue weighted by atomic mass is 9.72. The van der Waals surface area contributed by atoms with Crippen molar-refractivity contribution in [3.8, 4) is 6.07 Å². The molecule has 178 valence electrons. The number of rotatable bonds is 5. The molecule has 0 unspecified atom stereocenters. The number of hydrogen-bond acceptors (Lipinski definition) is 7. The first kappa shape index (κ1) is 24.6. The highest BCUT2D eigenvalue weighted by Gasteiger charge is 2.64. The van der Waals surface area contributed by atoms with Gasteiger partial charge in [-0.25, -0.2) is 4.79 Å².